The zero-order valence-electron chi connectivity index (χ0n) is 12.1. The molecule has 0 aliphatic heterocycles. The first-order chi connectivity index (χ1) is 9.70. The molecule has 0 saturated carbocycles. The van der Waals surface area contributed by atoms with Gasteiger partial charge >= 0.3 is 0 Å². The predicted molar refractivity (Wildman–Crippen MR) is 90.2 cm³/mol. The van der Waals surface area contributed by atoms with E-state index in [-0.39, 0.29) is 0 Å². The Morgan fingerprint density at radius 1 is 1.00 bits per heavy atom. The van der Waals surface area contributed by atoms with E-state index in [0.29, 0.717) is 12.0 Å². The van der Waals surface area contributed by atoms with Gasteiger partial charge in [-0.2, -0.15) is 0 Å². The standard InChI is InChI=1S/C18H22BrN/c1-3-20-18(13-15-9-11-17(19)12-10-15)14(2)16-7-5-4-6-8-16/h4-12,14,18,20H,3,13H2,1-2H3. The molecule has 0 saturated heterocycles. The molecule has 0 spiro atoms. The maximum atomic E-state index is 3.63. The van der Waals surface area contributed by atoms with E-state index in [1.165, 1.54) is 11.1 Å². The van der Waals surface area contributed by atoms with Crippen LogP contribution >= 0.6 is 15.9 Å². The number of nitrogens with one attached hydrogen (secondary N) is 1. The quantitative estimate of drug-likeness (QED) is 0.803. The van der Waals surface area contributed by atoms with E-state index in [4.69, 9.17) is 0 Å². The van der Waals surface area contributed by atoms with E-state index in [1.54, 1.807) is 0 Å². The van der Waals surface area contributed by atoms with Gasteiger partial charge in [0.1, 0.15) is 0 Å². The van der Waals surface area contributed by atoms with Gasteiger partial charge in [-0.05, 0) is 42.1 Å². The molecule has 2 atom stereocenters. The van der Waals surface area contributed by atoms with E-state index in [2.05, 4.69) is 89.7 Å². The molecule has 0 radical (unpaired) electrons. The Balaban J connectivity index is 2.12. The number of likely N-dealkylation sites (N-methyl/N-ethyl adjacent to an activating group) is 1. The van der Waals surface area contributed by atoms with Crippen LogP contribution in [0.1, 0.15) is 30.9 Å². The highest BCUT2D eigenvalue weighted by atomic mass is 79.9. The summed E-state index contributed by atoms with van der Waals surface area (Å²) >= 11 is 3.49. The lowest BCUT2D eigenvalue weighted by molar-refractivity contribution is 0.458. The van der Waals surface area contributed by atoms with Crippen molar-refractivity contribution in [1.82, 2.24) is 5.32 Å². The van der Waals surface area contributed by atoms with E-state index in [1.807, 2.05) is 0 Å². The summed E-state index contributed by atoms with van der Waals surface area (Å²) in [5.41, 5.74) is 2.78. The number of hydrogen-bond acceptors (Lipinski definition) is 1. The Bertz CT molecular complexity index is 507. The molecule has 2 unspecified atom stereocenters. The van der Waals surface area contributed by atoms with Gasteiger partial charge in [0.05, 0.1) is 0 Å². The molecule has 0 amide bonds. The van der Waals surface area contributed by atoms with Crippen molar-refractivity contribution in [2.24, 2.45) is 0 Å². The molecule has 0 aliphatic carbocycles. The third kappa shape index (κ3) is 4.19. The first-order valence-corrected chi connectivity index (χ1v) is 8.02. The smallest absolute Gasteiger partial charge is 0.0175 e. The first-order valence-electron chi connectivity index (χ1n) is 7.23. The summed E-state index contributed by atoms with van der Waals surface area (Å²) in [6.07, 6.45) is 1.05. The van der Waals surface area contributed by atoms with Crippen LogP contribution in [0.4, 0.5) is 0 Å². The molecule has 2 aromatic carbocycles. The summed E-state index contributed by atoms with van der Waals surface area (Å²) in [5.74, 6) is 0.500. The van der Waals surface area contributed by atoms with Crippen LogP contribution in [0.3, 0.4) is 0 Å². The van der Waals surface area contributed by atoms with Gasteiger partial charge < -0.3 is 5.32 Å². The fourth-order valence-electron chi connectivity index (χ4n) is 2.55. The molecule has 0 aromatic heterocycles. The third-order valence-corrected chi connectivity index (χ3v) is 4.29. The molecule has 0 heterocycles. The molecular formula is C18H22BrN. The molecule has 20 heavy (non-hydrogen) atoms. The SMILES string of the molecule is CCNC(Cc1ccc(Br)cc1)C(C)c1ccccc1. The fraction of sp³-hybridized carbons (Fsp3) is 0.333. The van der Waals surface area contributed by atoms with Gasteiger partial charge in [0.15, 0.2) is 0 Å². The van der Waals surface area contributed by atoms with Gasteiger partial charge in [0, 0.05) is 10.5 Å². The minimum Gasteiger partial charge on any atom is -0.313 e. The second kappa shape index (κ2) is 7.61. The van der Waals surface area contributed by atoms with Crippen LogP contribution in [0.15, 0.2) is 59.1 Å². The highest BCUT2D eigenvalue weighted by Gasteiger charge is 2.18. The third-order valence-electron chi connectivity index (χ3n) is 3.76. The predicted octanol–water partition coefficient (Wildman–Crippen LogP) is 4.77. The highest BCUT2D eigenvalue weighted by Crippen LogP contribution is 2.22. The maximum absolute atomic E-state index is 3.63. The number of rotatable bonds is 6. The van der Waals surface area contributed by atoms with Crippen molar-refractivity contribution in [2.75, 3.05) is 6.54 Å². The molecule has 0 bridgehead atoms. The van der Waals surface area contributed by atoms with Crippen LogP contribution in [-0.2, 0) is 6.42 Å². The number of benzene rings is 2. The van der Waals surface area contributed by atoms with Crippen LogP contribution in [0.25, 0.3) is 0 Å². The lowest BCUT2D eigenvalue weighted by Gasteiger charge is -2.25. The summed E-state index contributed by atoms with van der Waals surface area (Å²) < 4.78 is 1.14. The van der Waals surface area contributed by atoms with Crippen molar-refractivity contribution in [2.45, 2.75) is 32.2 Å². The summed E-state index contributed by atoms with van der Waals surface area (Å²) in [6.45, 7) is 5.48. The van der Waals surface area contributed by atoms with Crippen LogP contribution in [-0.4, -0.2) is 12.6 Å². The minimum absolute atomic E-state index is 0.462. The Morgan fingerprint density at radius 2 is 1.65 bits per heavy atom. The van der Waals surface area contributed by atoms with Crippen LogP contribution in [0.2, 0.25) is 0 Å². The Morgan fingerprint density at radius 3 is 2.25 bits per heavy atom. The van der Waals surface area contributed by atoms with E-state index in [9.17, 15) is 0 Å². The zero-order chi connectivity index (χ0) is 14.4. The minimum atomic E-state index is 0.462. The molecule has 1 nitrogen and oxygen atoms in total. The Kier molecular flexibility index (Phi) is 5.81. The summed E-state index contributed by atoms with van der Waals surface area (Å²) in [6, 6.07) is 19.8. The average molecular weight is 332 g/mol. The monoisotopic (exact) mass is 331 g/mol. The van der Waals surface area contributed by atoms with Crippen LogP contribution in [0, 0.1) is 0 Å². The Hall–Kier alpha value is -1.12. The van der Waals surface area contributed by atoms with E-state index in [0.717, 1.165) is 17.4 Å². The van der Waals surface area contributed by atoms with Crippen molar-refractivity contribution < 1.29 is 0 Å². The normalized spacial score (nSPS) is 13.9. The first kappa shape index (κ1) is 15.3. The van der Waals surface area contributed by atoms with Crippen molar-refractivity contribution >= 4 is 15.9 Å². The highest BCUT2D eigenvalue weighted by molar-refractivity contribution is 9.10. The summed E-state index contributed by atoms with van der Waals surface area (Å²) in [7, 11) is 0. The zero-order valence-corrected chi connectivity index (χ0v) is 13.7. The maximum Gasteiger partial charge on any atom is 0.0175 e. The van der Waals surface area contributed by atoms with Gasteiger partial charge in [-0.1, -0.05) is 72.2 Å². The van der Waals surface area contributed by atoms with Gasteiger partial charge in [0.25, 0.3) is 0 Å². The number of halogens is 1. The average Bonchev–Trinajstić information content (AvgIpc) is 2.49. The molecule has 0 fully saturated rings. The lowest BCUT2D eigenvalue weighted by atomic mass is 9.89. The molecular weight excluding hydrogens is 310 g/mol. The summed E-state index contributed by atoms with van der Waals surface area (Å²) in [4.78, 5) is 0. The largest absolute Gasteiger partial charge is 0.313 e. The molecule has 0 aliphatic rings. The Labute approximate surface area is 130 Å². The van der Waals surface area contributed by atoms with E-state index >= 15 is 0 Å². The van der Waals surface area contributed by atoms with Crippen molar-refractivity contribution in [3.05, 3.63) is 70.2 Å². The summed E-state index contributed by atoms with van der Waals surface area (Å²) in [5, 5.41) is 3.63. The fourth-order valence-corrected chi connectivity index (χ4v) is 2.82. The van der Waals surface area contributed by atoms with Crippen molar-refractivity contribution in [1.29, 1.82) is 0 Å². The lowest BCUT2D eigenvalue weighted by Crippen LogP contribution is -2.35. The van der Waals surface area contributed by atoms with Crippen molar-refractivity contribution in [3.63, 3.8) is 0 Å². The second-order valence-electron chi connectivity index (χ2n) is 5.19. The molecule has 1 N–H and O–H groups in total. The molecule has 106 valence electrons. The van der Waals surface area contributed by atoms with Crippen LogP contribution < -0.4 is 5.32 Å². The van der Waals surface area contributed by atoms with Gasteiger partial charge in [-0.15, -0.1) is 0 Å². The molecule has 2 aromatic rings. The topological polar surface area (TPSA) is 12.0 Å². The van der Waals surface area contributed by atoms with Gasteiger partial charge in [0.2, 0.25) is 0 Å². The van der Waals surface area contributed by atoms with Gasteiger partial charge in [-0.3, -0.25) is 0 Å². The second-order valence-corrected chi connectivity index (χ2v) is 6.11. The van der Waals surface area contributed by atoms with Gasteiger partial charge in [-0.25, -0.2) is 0 Å². The molecule has 2 heteroatoms. The van der Waals surface area contributed by atoms with E-state index < -0.39 is 0 Å². The number of hydrogen-bond donors (Lipinski definition) is 1. The molecule has 2 rings (SSSR count). The van der Waals surface area contributed by atoms with Crippen LogP contribution in [0.5, 0.6) is 0 Å². The van der Waals surface area contributed by atoms with Crippen molar-refractivity contribution in [3.8, 4) is 0 Å².